The Balaban J connectivity index is 1.43. The van der Waals surface area contributed by atoms with Gasteiger partial charge in [0, 0.05) is 17.0 Å². The van der Waals surface area contributed by atoms with E-state index < -0.39 is 0 Å². The first kappa shape index (κ1) is 32.3. The maximum Gasteiger partial charge on any atom is 0.0390 e. The van der Waals surface area contributed by atoms with Crippen LogP contribution in [0.5, 0.6) is 0 Å². The van der Waals surface area contributed by atoms with Gasteiger partial charge in [0.25, 0.3) is 0 Å². The zero-order chi connectivity index (χ0) is 32.3. The smallest absolute Gasteiger partial charge is 0.0390 e. The summed E-state index contributed by atoms with van der Waals surface area (Å²) in [5.74, 6) is 0.387. The van der Waals surface area contributed by atoms with Gasteiger partial charge >= 0.3 is 0 Å². The molecule has 0 heterocycles. The summed E-state index contributed by atoms with van der Waals surface area (Å²) in [5, 5.41) is 3.66. The Hall–Kier alpha value is -5.14. The first-order valence-electron chi connectivity index (χ1n) is 16.4. The third-order valence-corrected chi connectivity index (χ3v) is 8.65. The van der Waals surface area contributed by atoms with Gasteiger partial charge in [-0.2, -0.15) is 0 Å². The van der Waals surface area contributed by atoms with E-state index in [0.29, 0.717) is 5.92 Å². The van der Waals surface area contributed by atoms with E-state index in [-0.39, 0.29) is 0 Å². The van der Waals surface area contributed by atoms with E-state index in [4.69, 9.17) is 0 Å². The molecule has 0 radical (unpaired) electrons. The van der Waals surface area contributed by atoms with Crippen molar-refractivity contribution in [2.24, 2.45) is 5.92 Å². The molecular formula is C45H45N. The van der Waals surface area contributed by atoms with Gasteiger partial charge in [0.2, 0.25) is 0 Å². The zero-order valence-electron chi connectivity index (χ0n) is 27.6. The monoisotopic (exact) mass is 599 g/mol. The van der Waals surface area contributed by atoms with Gasteiger partial charge in [0.15, 0.2) is 0 Å². The standard InChI is InChI=1S/C45H45N/c1-6-17-43(45(33(3)7-2)42-25-15-14-18-34(42)4)35(5)46-41-24-16-23-40(32-41)37-27-29-39(30-28-37)44(38-21-12-9-13-22-38)31-26-36-19-10-8-11-20-36/h6,8-25,27-33,46H,5,7,26H2,1-4H3/b17-6-,44-31+,45-43-. The number of nitrogens with one attached hydrogen (secondary N) is 1. The van der Waals surface area contributed by atoms with Crippen LogP contribution in [0.2, 0.25) is 0 Å². The van der Waals surface area contributed by atoms with Crippen LogP contribution in [-0.4, -0.2) is 0 Å². The average molecular weight is 600 g/mol. The van der Waals surface area contributed by atoms with Gasteiger partial charge in [-0.3, -0.25) is 0 Å². The van der Waals surface area contributed by atoms with Crippen LogP contribution in [0, 0.1) is 12.8 Å². The first-order chi connectivity index (χ1) is 22.5. The van der Waals surface area contributed by atoms with Crippen molar-refractivity contribution in [2.75, 3.05) is 5.32 Å². The van der Waals surface area contributed by atoms with Gasteiger partial charge in [-0.25, -0.2) is 0 Å². The van der Waals surface area contributed by atoms with Crippen LogP contribution < -0.4 is 5.32 Å². The predicted molar refractivity (Wildman–Crippen MR) is 201 cm³/mol. The fraction of sp³-hybridized carbons (Fsp3) is 0.156. The van der Waals surface area contributed by atoms with Crippen molar-refractivity contribution in [1.29, 1.82) is 0 Å². The van der Waals surface area contributed by atoms with E-state index >= 15 is 0 Å². The van der Waals surface area contributed by atoms with E-state index in [9.17, 15) is 0 Å². The molecule has 1 unspecified atom stereocenters. The summed E-state index contributed by atoms with van der Waals surface area (Å²) in [6, 6.07) is 47.5. The molecule has 0 saturated carbocycles. The summed E-state index contributed by atoms with van der Waals surface area (Å²) in [7, 11) is 0. The highest BCUT2D eigenvalue weighted by molar-refractivity contribution is 5.82. The lowest BCUT2D eigenvalue weighted by Gasteiger charge is -2.23. The summed E-state index contributed by atoms with van der Waals surface area (Å²) < 4.78 is 0. The molecule has 0 aliphatic heterocycles. The Kier molecular flexibility index (Phi) is 11.0. The van der Waals surface area contributed by atoms with Crippen molar-refractivity contribution in [1.82, 2.24) is 0 Å². The molecule has 0 saturated heterocycles. The molecular weight excluding hydrogens is 555 g/mol. The van der Waals surface area contributed by atoms with Crippen LogP contribution in [0.25, 0.3) is 22.3 Å². The van der Waals surface area contributed by atoms with Crippen LogP contribution in [0.15, 0.2) is 170 Å². The number of allylic oxidation sites excluding steroid dienone is 4. The molecule has 46 heavy (non-hydrogen) atoms. The van der Waals surface area contributed by atoms with Crippen LogP contribution in [-0.2, 0) is 6.42 Å². The second-order valence-corrected chi connectivity index (χ2v) is 11.9. The Morgan fingerprint density at radius 3 is 2.07 bits per heavy atom. The fourth-order valence-electron chi connectivity index (χ4n) is 5.99. The minimum Gasteiger partial charge on any atom is -0.355 e. The highest BCUT2D eigenvalue weighted by Gasteiger charge is 2.18. The predicted octanol–water partition coefficient (Wildman–Crippen LogP) is 12.3. The van der Waals surface area contributed by atoms with E-state index in [1.165, 1.54) is 44.5 Å². The van der Waals surface area contributed by atoms with Gasteiger partial charge in [0.1, 0.15) is 0 Å². The molecule has 0 fully saturated rings. The third kappa shape index (κ3) is 7.92. The fourth-order valence-corrected chi connectivity index (χ4v) is 5.99. The van der Waals surface area contributed by atoms with Crippen molar-refractivity contribution in [3.8, 4) is 11.1 Å². The summed E-state index contributed by atoms with van der Waals surface area (Å²) >= 11 is 0. The molecule has 1 heteroatoms. The summed E-state index contributed by atoms with van der Waals surface area (Å²) in [6.45, 7) is 13.4. The van der Waals surface area contributed by atoms with Crippen molar-refractivity contribution in [2.45, 2.75) is 40.5 Å². The highest BCUT2D eigenvalue weighted by Crippen LogP contribution is 2.35. The zero-order valence-corrected chi connectivity index (χ0v) is 27.6. The average Bonchev–Trinajstić information content (AvgIpc) is 3.10. The number of aryl methyl sites for hydroxylation is 1. The first-order valence-corrected chi connectivity index (χ1v) is 16.4. The lowest BCUT2D eigenvalue weighted by atomic mass is 9.84. The molecule has 0 aliphatic carbocycles. The Bertz CT molecular complexity index is 1840. The van der Waals surface area contributed by atoms with Gasteiger partial charge in [0.05, 0.1) is 0 Å². The van der Waals surface area contributed by atoms with Crippen LogP contribution in [0.3, 0.4) is 0 Å². The largest absolute Gasteiger partial charge is 0.355 e. The van der Waals surface area contributed by atoms with Gasteiger partial charge in [-0.05, 0) is 94.8 Å². The normalized spacial score (nSPS) is 12.9. The molecule has 0 aromatic heterocycles. The Labute approximate surface area is 276 Å². The quantitative estimate of drug-likeness (QED) is 0.141. The van der Waals surface area contributed by atoms with Crippen LogP contribution in [0.4, 0.5) is 5.69 Å². The molecule has 0 amide bonds. The highest BCUT2D eigenvalue weighted by atomic mass is 14.9. The number of hydrogen-bond donors (Lipinski definition) is 1. The van der Waals surface area contributed by atoms with Crippen LogP contribution in [0.1, 0.15) is 55.0 Å². The molecule has 1 atom stereocenters. The third-order valence-electron chi connectivity index (χ3n) is 8.65. The summed E-state index contributed by atoms with van der Waals surface area (Å²) in [5.41, 5.74) is 14.3. The molecule has 1 N–H and O–H groups in total. The molecule has 0 bridgehead atoms. The topological polar surface area (TPSA) is 12.0 Å². The van der Waals surface area contributed by atoms with Crippen molar-refractivity contribution >= 4 is 16.8 Å². The lowest BCUT2D eigenvalue weighted by Crippen LogP contribution is -2.08. The molecule has 0 spiro atoms. The molecule has 5 aromatic carbocycles. The maximum absolute atomic E-state index is 4.54. The van der Waals surface area contributed by atoms with Crippen molar-refractivity contribution in [3.05, 3.63) is 197 Å². The summed E-state index contributed by atoms with van der Waals surface area (Å²) in [4.78, 5) is 0. The Morgan fingerprint density at radius 2 is 1.39 bits per heavy atom. The molecule has 1 nitrogen and oxygen atoms in total. The molecule has 0 aliphatic rings. The van der Waals surface area contributed by atoms with E-state index in [0.717, 1.165) is 35.4 Å². The number of hydrogen-bond acceptors (Lipinski definition) is 1. The number of rotatable bonds is 12. The minimum absolute atomic E-state index is 0.387. The maximum atomic E-state index is 4.54. The molecule has 230 valence electrons. The number of benzene rings is 5. The van der Waals surface area contributed by atoms with E-state index in [1.807, 2.05) is 0 Å². The SMILES string of the molecule is C=C(Nc1cccc(-c2ccc(/C(=C/Cc3ccccc3)c3ccccc3)cc2)c1)C(/C=C\C)=C(\c1ccccc1C)C(C)CC. The van der Waals surface area contributed by atoms with Crippen molar-refractivity contribution < 1.29 is 0 Å². The Morgan fingerprint density at radius 1 is 0.739 bits per heavy atom. The van der Waals surface area contributed by atoms with Gasteiger partial charge < -0.3 is 5.32 Å². The minimum atomic E-state index is 0.387. The lowest BCUT2D eigenvalue weighted by molar-refractivity contribution is 0.714. The second-order valence-electron chi connectivity index (χ2n) is 11.9. The van der Waals surface area contributed by atoms with Crippen LogP contribution >= 0.6 is 0 Å². The number of anilines is 1. The molecule has 5 aromatic rings. The van der Waals surface area contributed by atoms with Gasteiger partial charge in [-0.1, -0.05) is 160 Å². The van der Waals surface area contributed by atoms with Gasteiger partial charge in [-0.15, -0.1) is 0 Å². The summed E-state index contributed by atoms with van der Waals surface area (Å²) in [6.07, 6.45) is 8.59. The van der Waals surface area contributed by atoms with E-state index in [1.54, 1.807) is 0 Å². The second kappa shape index (κ2) is 15.7. The molecule has 5 rings (SSSR count). The van der Waals surface area contributed by atoms with Crippen molar-refractivity contribution in [3.63, 3.8) is 0 Å². The van der Waals surface area contributed by atoms with E-state index in [2.05, 4.69) is 191 Å².